The van der Waals surface area contributed by atoms with Crippen molar-refractivity contribution < 1.29 is 14.6 Å². The van der Waals surface area contributed by atoms with E-state index >= 15 is 0 Å². The largest absolute Gasteiger partial charge is 0.466 e. The molecule has 0 amide bonds. The van der Waals surface area contributed by atoms with Crippen LogP contribution in [0, 0.1) is 17.8 Å². The predicted molar refractivity (Wildman–Crippen MR) is 78.3 cm³/mol. The Kier molecular flexibility index (Phi) is 4.81. The zero-order valence-corrected chi connectivity index (χ0v) is 13.2. The van der Waals surface area contributed by atoms with Crippen LogP contribution >= 0.6 is 11.3 Å². The molecule has 4 unspecified atom stereocenters. The van der Waals surface area contributed by atoms with Crippen LogP contribution in [0.2, 0.25) is 0 Å². The molecule has 0 spiro atoms. The molecule has 1 fully saturated rings. The minimum Gasteiger partial charge on any atom is -0.466 e. The number of aromatic nitrogens is 1. The molecule has 0 saturated heterocycles. The Morgan fingerprint density at radius 3 is 2.90 bits per heavy atom. The zero-order valence-electron chi connectivity index (χ0n) is 12.3. The van der Waals surface area contributed by atoms with Gasteiger partial charge in [-0.05, 0) is 44.9 Å². The van der Waals surface area contributed by atoms with E-state index in [2.05, 4.69) is 11.9 Å². The predicted octanol–water partition coefficient (Wildman–Crippen LogP) is 2.97. The lowest BCUT2D eigenvalue weighted by molar-refractivity contribution is -0.153. The van der Waals surface area contributed by atoms with Crippen LogP contribution in [0.3, 0.4) is 0 Å². The van der Waals surface area contributed by atoms with Crippen LogP contribution in [0.25, 0.3) is 0 Å². The summed E-state index contributed by atoms with van der Waals surface area (Å²) in [7, 11) is 0. The molecular formula is C15H23NO3S. The maximum absolute atomic E-state index is 11.9. The first-order valence-electron chi connectivity index (χ1n) is 7.25. The number of ether oxygens (including phenoxy) is 1. The molecule has 1 aliphatic carbocycles. The monoisotopic (exact) mass is 297 g/mol. The molecule has 1 aromatic rings. The summed E-state index contributed by atoms with van der Waals surface area (Å²) in [6, 6.07) is 0. The van der Waals surface area contributed by atoms with Crippen molar-refractivity contribution in [2.75, 3.05) is 6.61 Å². The van der Waals surface area contributed by atoms with Gasteiger partial charge in [-0.3, -0.25) is 4.79 Å². The molecule has 1 aromatic heterocycles. The maximum Gasteiger partial charge on any atom is 0.309 e. The number of carbonyl (C=O) groups is 1. The van der Waals surface area contributed by atoms with Crippen molar-refractivity contribution >= 4 is 17.3 Å². The van der Waals surface area contributed by atoms with Crippen molar-refractivity contribution in [1.82, 2.24) is 4.98 Å². The third-order valence-corrected chi connectivity index (χ3v) is 5.42. The SMILES string of the molecule is CCOC(=O)C1CCC(C(C)(O)c2nccs2)CC1C. The molecule has 0 aromatic carbocycles. The smallest absolute Gasteiger partial charge is 0.309 e. The van der Waals surface area contributed by atoms with Gasteiger partial charge in [0.1, 0.15) is 10.6 Å². The van der Waals surface area contributed by atoms with Crippen LogP contribution in [-0.4, -0.2) is 22.7 Å². The fourth-order valence-corrected chi connectivity index (χ4v) is 3.93. The van der Waals surface area contributed by atoms with Gasteiger partial charge in [0.25, 0.3) is 0 Å². The number of hydrogen-bond donors (Lipinski definition) is 1. The highest BCUT2D eigenvalue weighted by atomic mass is 32.1. The van der Waals surface area contributed by atoms with Gasteiger partial charge in [-0.15, -0.1) is 11.3 Å². The van der Waals surface area contributed by atoms with E-state index in [0.29, 0.717) is 6.61 Å². The third-order valence-electron chi connectivity index (χ3n) is 4.42. The van der Waals surface area contributed by atoms with Crippen LogP contribution in [0.4, 0.5) is 0 Å². The Bertz CT molecular complexity index is 444. The van der Waals surface area contributed by atoms with Crippen LogP contribution < -0.4 is 0 Å². The highest BCUT2D eigenvalue weighted by Gasteiger charge is 2.42. The second-order valence-electron chi connectivity index (χ2n) is 5.83. The van der Waals surface area contributed by atoms with Gasteiger partial charge < -0.3 is 9.84 Å². The molecule has 20 heavy (non-hydrogen) atoms. The van der Waals surface area contributed by atoms with Crippen molar-refractivity contribution in [2.24, 2.45) is 17.8 Å². The Balaban J connectivity index is 2.04. The molecule has 112 valence electrons. The number of aliphatic hydroxyl groups is 1. The maximum atomic E-state index is 11.9. The average Bonchev–Trinajstić information content (AvgIpc) is 2.93. The zero-order chi connectivity index (χ0) is 14.8. The lowest BCUT2D eigenvalue weighted by Gasteiger charge is -2.39. The van der Waals surface area contributed by atoms with E-state index in [4.69, 9.17) is 4.74 Å². The van der Waals surface area contributed by atoms with E-state index in [-0.39, 0.29) is 23.7 Å². The lowest BCUT2D eigenvalue weighted by Crippen LogP contribution is -2.39. The van der Waals surface area contributed by atoms with Crippen LogP contribution in [0.15, 0.2) is 11.6 Å². The minimum atomic E-state index is -0.901. The van der Waals surface area contributed by atoms with E-state index in [9.17, 15) is 9.90 Å². The van der Waals surface area contributed by atoms with Gasteiger partial charge in [0, 0.05) is 11.6 Å². The summed E-state index contributed by atoms with van der Waals surface area (Å²) in [5.74, 6) is 0.263. The average molecular weight is 297 g/mol. The Morgan fingerprint density at radius 2 is 2.35 bits per heavy atom. The molecule has 0 bridgehead atoms. The van der Waals surface area contributed by atoms with E-state index in [1.165, 1.54) is 11.3 Å². The fraction of sp³-hybridized carbons (Fsp3) is 0.733. The van der Waals surface area contributed by atoms with Crippen molar-refractivity contribution in [3.05, 3.63) is 16.6 Å². The van der Waals surface area contributed by atoms with Gasteiger partial charge >= 0.3 is 5.97 Å². The van der Waals surface area contributed by atoms with Gasteiger partial charge in [-0.25, -0.2) is 4.98 Å². The molecule has 4 atom stereocenters. The molecular weight excluding hydrogens is 274 g/mol. The molecule has 0 radical (unpaired) electrons. The first-order chi connectivity index (χ1) is 9.46. The first kappa shape index (κ1) is 15.4. The highest BCUT2D eigenvalue weighted by Crippen LogP contribution is 2.44. The third kappa shape index (κ3) is 3.04. The second-order valence-corrected chi connectivity index (χ2v) is 6.73. The van der Waals surface area contributed by atoms with Gasteiger partial charge in [-0.1, -0.05) is 6.92 Å². The molecule has 1 heterocycles. The first-order valence-corrected chi connectivity index (χ1v) is 8.13. The molecule has 2 rings (SSSR count). The summed E-state index contributed by atoms with van der Waals surface area (Å²) in [6.45, 7) is 6.18. The van der Waals surface area contributed by atoms with Crippen LogP contribution in [0.1, 0.15) is 45.0 Å². The highest BCUT2D eigenvalue weighted by molar-refractivity contribution is 7.09. The standard InChI is InChI=1S/C15H23NO3S/c1-4-19-13(17)12-6-5-11(9-10(12)2)15(3,18)14-16-7-8-20-14/h7-8,10-12,18H,4-6,9H2,1-3H3. The quantitative estimate of drug-likeness (QED) is 0.868. The molecule has 4 nitrogen and oxygen atoms in total. The number of esters is 1. The molecule has 1 N–H and O–H groups in total. The Hall–Kier alpha value is -0.940. The number of thiazole rings is 1. The molecule has 1 aliphatic rings. The summed E-state index contributed by atoms with van der Waals surface area (Å²) in [5, 5.41) is 13.4. The summed E-state index contributed by atoms with van der Waals surface area (Å²) >= 11 is 1.49. The molecule has 5 heteroatoms. The van der Waals surface area contributed by atoms with E-state index in [0.717, 1.165) is 24.3 Å². The minimum absolute atomic E-state index is 0.0294. The van der Waals surface area contributed by atoms with Crippen molar-refractivity contribution in [2.45, 2.75) is 45.6 Å². The topological polar surface area (TPSA) is 59.4 Å². The van der Waals surface area contributed by atoms with Crippen LogP contribution in [0.5, 0.6) is 0 Å². The summed E-state index contributed by atoms with van der Waals surface area (Å²) < 4.78 is 5.13. The summed E-state index contributed by atoms with van der Waals surface area (Å²) in [5.41, 5.74) is -0.901. The number of hydrogen-bond acceptors (Lipinski definition) is 5. The number of nitrogens with zero attached hydrogens (tertiary/aromatic N) is 1. The number of carbonyl (C=O) groups excluding carboxylic acids is 1. The van der Waals surface area contributed by atoms with Gasteiger partial charge in [0.05, 0.1) is 12.5 Å². The van der Waals surface area contributed by atoms with Crippen molar-refractivity contribution in [1.29, 1.82) is 0 Å². The molecule has 0 aliphatic heterocycles. The van der Waals surface area contributed by atoms with E-state index in [1.54, 1.807) is 6.20 Å². The summed E-state index contributed by atoms with van der Waals surface area (Å²) in [4.78, 5) is 16.1. The number of rotatable bonds is 4. The van der Waals surface area contributed by atoms with Crippen molar-refractivity contribution in [3.8, 4) is 0 Å². The lowest BCUT2D eigenvalue weighted by atomic mass is 9.69. The molecule has 1 saturated carbocycles. The van der Waals surface area contributed by atoms with Crippen molar-refractivity contribution in [3.63, 3.8) is 0 Å². The Labute approximate surface area is 124 Å². The normalized spacial score (nSPS) is 29.7. The Morgan fingerprint density at radius 1 is 1.60 bits per heavy atom. The van der Waals surface area contributed by atoms with Gasteiger partial charge in [0.15, 0.2) is 0 Å². The van der Waals surface area contributed by atoms with Gasteiger partial charge in [-0.2, -0.15) is 0 Å². The second kappa shape index (κ2) is 6.22. The van der Waals surface area contributed by atoms with Gasteiger partial charge in [0.2, 0.25) is 0 Å². The fourth-order valence-electron chi connectivity index (χ4n) is 3.15. The van der Waals surface area contributed by atoms with E-state index < -0.39 is 5.60 Å². The van der Waals surface area contributed by atoms with Crippen LogP contribution in [-0.2, 0) is 15.1 Å². The summed E-state index contributed by atoms with van der Waals surface area (Å²) in [6.07, 6.45) is 4.17. The van der Waals surface area contributed by atoms with E-state index in [1.807, 2.05) is 19.2 Å².